The van der Waals surface area contributed by atoms with Crippen LogP contribution in [0.2, 0.25) is 0 Å². The minimum atomic E-state index is -1.86. The summed E-state index contributed by atoms with van der Waals surface area (Å²) in [6.07, 6.45) is 2.69. The molecule has 8 atom stereocenters. The van der Waals surface area contributed by atoms with E-state index in [1.807, 2.05) is 39.8 Å². The van der Waals surface area contributed by atoms with Crippen LogP contribution >= 0.6 is 0 Å². The number of ketones is 1. The van der Waals surface area contributed by atoms with E-state index in [1.54, 1.807) is 20.8 Å². The maximum atomic E-state index is 14.8. The molecule has 1 saturated heterocycles. The first-order valence-electron chi connectivity index (χ1n) is 14.5. The van der Waals surface area contributed by atoms with Crippen molar-refractivity contribution >= 4 is 11.8 Å². The molecule has 0 radical (unpaired) electrons. The highest BCUT2D eigenvalue weighted by Crippen LogP contribution is 2.72. The maximum absolute atomic E-state index is 14.8. The SMILES string of the molecule is CC1=CC23C(=O)[C@@H](C=C4COC(C)(C)O[C@H]4[C@]2(O)[C@H]1OC(=O)c1c(C(C)(C)C)noc1C)[C@@H]1[C@@H](CC3C)C1(C)C. The van der Waals surface area contributed by atoms with Crippen LogP contribution in [0.3, 0.4) is 0 Å². The van der Waals surface area contributed by atoms with Gasteiger partial charge in [0.2, 0.25) is 0 Å². The van der Waals surface area contributed by atoms with E-state index in [-0.39, 0.29) is 41.1 Å². The second-order valence-electron chi connectivity index (χ2n) is 15.0. The lowest BCUT2D eigenvalue weighted by Gasteiger charge is -2.52. The summed E-state index contributed by atoms with van der Waals surface area (Å²) in [5.41, 5.74) is -1.47. The minimum absolute atomic E-state index is 0.0154. The van der Waals surface area contributed by atoms with E-state index in [4.69, 9.17) is 18.7 Å². The molecule has 1 N–H and O–H groups in total. The summed E-state index contributed by atoms with van der Waals surface area (Å²) in [7, 11) is 0. The molecule has 1 aromatic rings. The first-order chi connectivity index (χ1) is 18.4. The van der Waals surface area contributed by atoms with Crippen LogP contribution in [0.4, 0.5) is 0 Å². The van der Waals surface area contributed by atoms with Crippen LogP contribution in [-0.2, 0) is 24.4 Å². The molecule has 8 heteroatoms. The Labute approximate surface area is 236 Å². The Kier molecular flexibility index (Phi) is 5.69. The molecule has 1 aliphatic heterocycles. The van der Waals surface area contributed by atoms with Crippen LogP contribution in [-0.4, -0.2) is 52.2 Å². The zero-order valence-corrected chi connectivity index (χ0v) is 25.4. The molecule has 0 aromatic carbocycles. The predicted octanol–water partition coefficient (Wildman–Crippen LogP) is 5.07. The number of rotatable bonds is 2. The molecule has 2 unspecified atom stereocenters. The average Bonchev–Trinajstić information content (AvgIpc) is 3.10. The van der Waals surface area contributed by atoms with Gasteiger partial charge in [0.1, 0.15) is 23.1 Å². The number of carbonyl (C=O) groups excluding carboxylic acids is 2. The van der Waals surface area contributed by atoms with Crippen LogP contribution in [0, 0.1) is 41.4 Å². The quantitative estimate of drug-likeness (QED) is 0.399. The maximum Gasteiger partial charge on any atom is 0.344 e. The van der Waals surface area contributed by atoms with Crippen molar-refractivity contribution in [3.05, 3.63) is 40.3 Å². The van der Waals surface area contributed by atoms with E-state index in [0.717, 1.165) is 12.0 Å². The zero-order chi connectivity index (χ0) is 29.4. The summed E-state index contributed by atoms with van der Waals surface area (Å²) in [4.78, 5) is 28.7. The van der Waals surface area contributed by atoms with Crippen molar-refractivity contribution in [2.24, 2.45) is 34.5 Å². The molecule has 40 heavy (non-hydrogen) atoms. The summed E-state index contributed by atoms with van der Waals surface area (Å²) in [5, 5.41) is 17.3. The highest BCUT2D eigenvalue weighted by molar-refractivity contribution is 5.96. The number of allylic oxidation sites excluding steroid dienone is 1. The molecule has 2 heterocycles. The largest absolute Gasteiger partial charge is 0.451 e. The third kappa shape index (κ3) is 3.45. The summed E-state index contributed by atoms with van der Waals surface area (Å²) < 4.78 is 24.3. The highest BCUT2D eigenvalue weighted by atomic mass is 16.7. The van der Waals surface area contributed by atoms with Crippen molar-refractivity contribution in [3.63, 3.8) is 0 Å². The van der Waals surface area contributed by atoms with E-state index in [1.165, 1.54) is 0 Å². The van der Waals surface area contributed by atoms with Crippen molar-refractivity contribution in [2.45, 2.75) is 105 Å². The van der Waals surface area contributed by atoms with Gasteiger partial charge in [-0.1, -0.05) is 58.9 Å². The van der Waals surface area contributed by atoms with E-state index >= 15 is 0 Å². The number of carbonyl (C=O) groups is 2. The summed E-state index contributed by atoms with van der Waals surface area (Å²) in [6, 6.07) is 0. The van der Waals surface area contributed by atoms with Crippen LogP contribution in [0.25, 0.3) is 0 Å². The fourth-order valence-electron chi connectivity index (χ4n) is 8.59. The van der Waals surface area contributed by atoms with E-state index in [9.17, 15) is 14.7 Å². The second kappa shape index (κ2) is 8.17. The van der Waals surface area contributed by atoms with Crippen LogP contribution in [0.5, 0.6) is 0 Å². The topological polar surface area (TPSA) is 108 Å². The van der Waals surface area contributed by atoms with Gasteiger partial charge in [-0.25, -0.2) is 4.79 Å². The van der Waals surface area contributed by atoms with Gasteiger partial charge in [0.15, 0.2) is 23.3 Å². The molecule has 3 fully saturated rings. The Bertz CT molecular complexity index is 1360. The van der Waals surface area contributed by atoms with Gasteiger partial charge in [-0.3, -0.25) is 4.79 Å². The van der Waals surface area contributed by atoms with Gasteiger partial charge in [0, 0.05) is 11.3 Å². The normalized spacial score (nSPS) is 41.0. The number of nitrogens with zero attached hydrogens (tertiary/aromatic N) is 1. The molecule has 218 valence electrons. The molecule has 4 aliphatic carbocycles. The van der Waals surface area contributed by atoms with Gasteiger partial charge < -0.3 is 23.8 Å². The highest BCUT2D eigenvalue weighted by Gasteiger charge is 2.77. The molecule has 8 nitrogen and oxygen atoms in total. The Morgan fingerprint density at radius 1 is 1.18 bits per heavy atom. The molecular weight excluding hydrogens is 510 g/mol. The molecule has 0 amide bonds. The van der Waals surface area contributed by atoms with Gasteiger partial charge in [0.05, 0.1) is 12.0 Å². The van der Waals surface area contributed by atoms with Crippen LogP contribution in [0.15, 0.2) is 27.8 Å². The molecular formula is C32H43NO7. The van der Waals surface area contributed by atoms with E-state index in [0.29, 0.717) is 22.9 Å². The predicted molar refractivity (Wildman–Crippen MR) is 146 cm³/mol. The standard InChI is InChI=1S/C32H43NO7/c1-15-13-31-16(2)11-20-22(29(20,7)8)19(24(31)34)12-18-14-37-30(9,10)39-26(18)32(31,36)25(15)38-27(35)21-17(3)40-33-23(21)28(4,5)6/h12-13,16,19-20,22,25-26,36H,11,14H2,1-10H3/t16?,19-,20+,22+,25-,26+,31?,32+/m0/s1. The number of aliphatic hydroxyl groups is 1. The fraction of sp³-hybridized carbons (Fsp3) is 0.719. The number of ether oxygens (including phenoxy) is 3. The number of Topliss-reactive ketones (excluding diaryl/α,β-unsaturated/α-hetero) is 1. The fourth-order valence-corrected chi connectivity index (χ4v) is 8.59. The van der Waals surface area contributed by atoms with Crippen LogP contribution < -0.4 is 0 Å². The number of hydrogen-bond donors (Lipinski definition) is 1. The van der Waals surface area contributed by atoms with E-state index < -0.39 is 40.4 Å². The third-order valence-corrected chi connectivity index (χ3v) is 10.7. The average molecular weight is 554 g/mol. The Morgan fingerprint density at radius 2 is 1.85 bits per heavy atom. The number of esters is 1. The molecule has 2 saturated carbocycles. The van der Waals surface area contributed by atoms with Crippen molar-refractivity contribution < 1.29 is 33.4 Å². The molecule has 1 spiro atoms. The Balaban J connectivity index is 1.51. The first-order valence-corrected chi connectivity index (χ1v) is 14.5. The van der Waals surface area contributed by atoms with Gasteiger partial charge in [-0.2, -0.15) is 0 Å². The smallest absolute Gasteiger partial charge is 0.344 e. The zero-order valence-electron chi connectivity index (χ0n) is 25.4. The molecule has 5 aliphatic rings. The van der Waals surface area contributed by atoms with Gasteiger partial charge in [-0.15, -0.1) is 0 Å². The molecule has 2 bridgehead atoms. The number of fused-ring (bicyclic) bond motifs is 5. The monoisotopic (exact) mass is 553 g/mol. The van der Waals surface area contributed by atoms with Crippen molar-refractivity contribution in [3.8, 4) is 0 Å². The van der Waals surface area contributed by atoms with Crippen molar-refractivity contribution in [1.29, 1.82) is 0 Å². The molecule has 6 rings (SSSR count). The second-order valence-corrected chi connectivity index (χ2v) is 15.0. The van der Waals surface area contributed by atoms with Crippen molar-refractivity contribution in [1.82, 2.24) is 5.16 Å². The Hall–Kier alpha value is -2.29. The number of aryl methyl sites for hydroxylation is 1. The minimum Gasteiger partial charge on any atom is -0.451 e. The summed E-state index contributed by atoms with van der Waals surface area (Å²) in [6.45, 7) is 19.7. The molecule has 1 aromatic heterocycles. The third-order valence-electron chi connectivity index (χ3n) is 10.7. The van der Waals surface area contributed by atoms with Gasteiger partial charge in [0.25, 0.3) is 0 Å². The first kappa shape index (κ1) is 27.9. The number of hydrogen-bond acceptors (Lipinski definition) is 8. The van der Waals surface area contributed by atoms with Gasteiger partial charge in [-0.05, 0) is 68.4 Å². The summed E-state index contributed by atoms with van der Waals surface area (Å²) in [5.74, 6) is -1.35. The van der Waals surface area contributed by atoms with Gasteiger partial charge >= 0.3 is 5.97 Å². The lowest BCUT2D eigenvalue weighted by atomic mass is 9.59. The van der Waals surface area contributed by atoms with Crippen molar-refractivity contribution in [2.75, 3.05) is 6.61 Å². The van der Waals surface area contributed by atoms with Crippen LogP contribution in [0.1, 0.15) is 90.5 Å². The summed E-state index contributed by atoms with van der Waals surface area (Å²) >= 11 is 0. The lowest BCUT2D eigenvalue weighted by molar-refractivity contribution is -0.302. The van der Waals surface area contributed by atoms with E-state index in [2.05, 4.69) is 25.9 Å². The Morgan fingerprint density at radius 3 is 2.50 bits per heavy atom. The number of aromatic nitrogens is 1. The lowest BCUT2D eigenvalue weighted by Crippen LogP contribution is -2.68.